The number of anilines is 1. The fourth-order valence-corrected chi connectivity index (χ4v) is 2.77. The molecule has 0 bridgehead atoms. The zero-order valence-corrected chi connectivity index (χ0v) is 13.0. The van der Waals surface area contributed by atoms with E-state index in [-0.39, 0.29) is 0 Å². The fourth-order valence-electron chi connectivity index (χ4n) is 2.53. The first-order chi connectivity index (χ1) is 9.81. The molecule has 3 rings (SSSR count). The molecule has 1 saturated heterocycles. The van der Waals surface area contributed by atoms with E-state index < -0.39 is 0 Å². The van der Waals surface area contributed by atoms with Crippen molar-refractivity contribution in [1.82, 2.24) is 9.88 Å². The molecule has 20 heavy (non-hydrogen) atoms. The van der Waals surface area contributed by atoms with Crippen LogP contribution in [0.2, 0.25) is 0 Å². The molecule has 0 unspecified atom stereocenters. The van der Waals surface area contributed by atoms with E-state index in [9.17, 15) is 0 Å². The maximum absolute atomic E-state index is 4.45. The van der Waals surface area contributed by atoms with Crippen LogP contribution in [0.4, 0.5) is 5.69 Å². The maximum Gasteiger partial charge on any atom is 0.0544 e. The van der Waals surface area contributed by atoms with Gasteiger partial charge in [-0.3, -0.25) is 9.88 Å². The van der Waals surface area contributed by atoms with Gasteiger partial charge in [-0.1, -0.05) is 18.2 Å². The van der Waals surface area contributed by atoms with Crippen LogP contribution in [0.1, 0.15) is 5.69 Å². The van der Waals surface area contributed by atoms with Crippen molar-refractivity contribution >= 4 is 21.6 Å². The van der Waals surface area contributed by atoms with E-state index in [0.717, 1.165) is 42.9 Å². The first kappa shape index (κ1) is 13.6. The average Bonchev–Trinajstić information content (AvgIpc) is 2.51. The second kappa shape index (κ2) is 6.37. The van der Waals surface area contributed by atoms with Crippen LogP contribution in [0.5, 0.6) is 0 Å². The molecule has 1 aromatic heterocycles. The van der Waals surface area contributed by atoms with Gasteiger partial charge in [0.2, 0.25) is 0 Å². The van der Waals surface area contributed by atoms with Crippen molar-refractivity contribution in [3.8, 4) is 0 Å². The Kier molecular flexibility index (Phi) is 4.33. The van der Waals surface area contributed by atoms with E-state index in [4.69, 9.17) is 0 Å². The van der Waals surface area contributed by atoms with Gasteiger partial charge in [0.25, 0.3) is 0 Å². The molecule has 0 amide bonds. The summed E-state index contributed by atoms with van der Waals surface area (Å²) in [5, 5.41) is 0. The summed E-state index contributed by atoms with van der Waals surface area (Å²) in [7, 11) is 0. The predicted molar refractivity (Wildman–Crippen MR) is 85.9 cm³/mol. The molecule has 0 spiro atoms. The summed E-state index contributed by atoms with van der Waals surface area (Å²) in [4.78, 5) is 9.37. The number of para-hydroxylation sites is 1. The average molecular weight is 332 g/mol. The van der Waals surface area contributed by atoms with Crippen LogP contribution in [0.3, 0.4) is 0 Å². The lowest BCUT2D eigenvalue weighted by Gasteiger charge is -2.35. The fraction of sp³-hybridized carbons (Fsp3) is 0.312. The summed E-state index contributed by atoms with van der Waals surface area (Å²) < 4.78 is 1.04. The quantitative estimate of drug-likeness (QED) is 0.861. The van der Waals surface area contributed by atoms with Crippen LogP contribution in [0.15, 0.2) is 53.1 Å². The highest BCUT2D eigenvalue weighted by Crippen LogP contribution is 2.16. The Morgan fingerprint density at radius 2 is 1.70 bits per heavy atom. The Hall–Kier alpha value is -1.39. The zero-order chi connectivity index (χ0) is 13.8. The number of pyridine rings is 1. The molecule has 3 nitrogen and oxygen atoms in total. The summed E-state index contributed by atoms with van der Waals surface area (Å²) in [6, 6.07) is 14.8. The molecule has 0 saturated carbocycles. The summed E-state index contributed by atoms with van der Waals surface area (Å²) in [5.74, 6) is 0. The van der Waals surface area contributed by atoms with Crippen molar-refractivity contribution in [1.29, 1.82) is 0 Å². The van der Waals surface area contributed by atoms with Gasteiger partial charge in [-0.15, -0.1) is 0 Å². The smallest absolute Gasteiger partial charge is 0.0544 e. The number of rotatable bonds is 3. The first-order valence-electron chi connectivity index (χ1n) is 6.94. The molecule has 0 radical (unpaired) electrons. The molecule has 1 aliphatic heterocycles. The van der Waals surface area contributed by atoms with Crippen molar-refractivity contribution in [2.24, 2.45) is 0 Å². The van der Waals surface area contributed by atoms with E-state index in [1.165, 1.54) is 5.69 Å². The molecule has 2 heterocycles. The number of hydrogen-bond acceptors (Lipinski definition) is 3. The third-order valence-electron chi connectivity index (χ3n) is 3.67. The number of aromatic nitrogens is 1. The highest BCUT2D eigenvalue weighted by Gasteiger charge is 2.17. The van der Waals surface area contributed by atoms with E-state index in [0.29, 0.717) is 0 Å². The van der Waals surface area contributed by atoms with E-state index in [2.05, 4.69) is 73.2 Å². The van der Waals surface area contributed by atoms with E-state index in [1.807, 2.05) is 6.20 Å². The van der Waals surface area contributed by atoms with Crippen molar-refractivity contribution in [3.05, 3.63) is 58.8 Å². The highest BCUT2D eigenvalue weighted by molar-refractivity contribution is 9.10. The third kappa shape index (κ3) is 3.38. The molecule has 1 aromatic carbocycles. The number of piperazine rings is 1. The van der Waals surface area contributed by atoms with Gasteiger partial charge in [-0.05, 0) is 40.2 Å². The highest BCUT2D eigenvalue weighted by atomic mass is 79.9. The molecule has 0 atom stereocenters. The molecule has 2 aromatic rings. The topological polar surface area (TPSA) is 19.4 Å². The lowest BCUT2D eigenvalue weighted by atomic mass is 10.2. The van der Waals surface area contributed by atoms with Crippen LogP contribution in [-0.4, -0.2) is 36.1 Å². The molecule has 0 N–H and O–H groups in total. The van der Waals surface area contributed by atoms with Crippen LogP contribution in [0, 0.1) is 0 Å². The van der Waals surface area contributed by atoms with Crippen molar-refractivity contribution in [2.45, 2.75) is 6.54 Å². The second-order valence-electron chi connectivity index (χ2n) is 5.07. The maximum atomic E-state index is 4.45. The molecular formula is C16H18BrN3. The molecule has 0 aliphatic carbocycles. The van der Waals surface area contributed by atoms with Gasteiger partial charge in [0, 0.05) is 49.1 Å². The van der Waals surface area contributed by atoms with Crippen molar-refractivity contribution in [3.63, 3.8) is 0 Å². The zero-order valence-electron chi connectivity index (χ0n) is 11.4. The first-order valence-corrected chi connectivity index (χ1v) is 7.73. The van der Waals surface area contributed by atoms with Gasteiger partial charge in [0.1, 0.15) is 0 Å². The Labute approximate surface area is 128 Å². The van der Waals surface area contributed by atoms with Gasteiger partial charge in [0.15, 0.2) is 0 Å². The second-order valence-corrected chi connectivity index (χ2v) is 5.98. The summed E-state index contributed by atoms with van der Waals surface area (Å²) in [6.45, 7) is 5.29. The lowest BCUT2D eigenvalue weighted by molar-refractivity contribution is 0.247. The van der Waals surface area contributed by atoms with E-state index >= 15 is 0 Å². The molecule has 1 aliphatic rings. The van der Waals surface area contributed by atoms with Gasteiger partial charge in [-0.25, -0.2) is 0 Å². The molecule has 1 fully saturated rings. The molecular weight excluding hydrogens is 314 g/mol. The number of hydrogen-bond donors (Lipinski definition) is 0. The SMILES string of the molecule is Brc1ccc(CN2CCN(c3ccccc3)CC2)nc1. The number of benzene rings is 1. The van der Waals surface area contributed by atoms with Crippen LogP contribution in [0.25, 0.3) is 0 Å². The minimum Gasteiger partial charge on any atom is -0.369 e. The minimum atomic E-state index is 0.940. The normalized spacial score (nSPS) is 16.4. The molecule has 104 valence electrons. The Morgan fingerprint density at radius 3 is 2.35 bits per heavy atom. The summed E-state index contributed by atoms with van der Waals surface area (Å²) in [5.41, 5.74) is 2.47. The van der Waals surface area contributed by atoms with Crippen LogP contribution < -0.4 is 4.90 Å². The summed E-state index contributed by atoms with van der Waals surface area (Å²) in [6.07, 6.45) is 1.87. The Bertz CT molecular complexity index is 533. The van der Waals surface area contributed by atoms with Crippen molar-refractivity contribution < 1.29 is 0 Å². The summed E-state index contributed by atoms with van der Waals surface area (Å²) >= 11 is 3.42. The van der Waals surface area contributed by atoms with Crippen molar-refractivity contribution in [2.75, 3.05) is 31.1 Å². The van der Waals surface area contributed by atoms with Gasteiger partial charge < -0.3 is 4.90 Å². The monoisotopic (exact) mass is 331 g/mol. The Balaban J connectivity index is 1.55. The largest absolute Gasteiger partial charge is 0.369 e. The van der Waals surface area contributed by atoms with Gasteiger partial charge in [-0.2, -0.15) is 0 Å². The van der Waals surface area contributed by atoms with Crippen LogP contribution in [-0.2, 0) is 6.54 Å². The van der Waals surface area contributed by atoms with E-state index in [1.54, 1.807) is 0 Å². The number of nitrogens with zero attached hydrogens (tertiary/aromatic N) is 3. The van der Waals surface area contributed by atoms with Gasteiger partial charge in [0.05, 0.1) is 5.69 Å². The molecule has 4 heteroatoms. The lowest BCUT2D eigenvalue weighted by Crippen LogP contribution is -2.46. The standard InChI is InChI=1S/C16H18BrN3/c17-14-6-7-15(18-12-14)13-19-8-10-20(11-9-19)16-4-2-1-3-5-16/h1-7,12H,8-11,13H2. The minimum absolute atomic E-state index is 0.940. The number of halogens is 1. The Morgan fingerprint density at radius 1 is 0.950 bits per heavy atom. The third-order valence-corrected chi connectivity index (χ3v) is 4.14. The van der Waals surface area contributed by atoms with Gasteiger partial charge >= 0.3 is 0 Å². The van der Waals surface area contributed by atoms with Crippen LogP contribution >= 0.6 is 15.9 Å². The predicted octanol–water partition coefficient (Wildman–Crippen LogP) is 3.17.